The fraction of sp³-hybridized carbons (Fsp3) is 0.167. The van der Waals surface area contributed by atoms with Crippen LogP contribution in [0.25, 0.3) is 0 Å². The van der Waals surface area contributed by atoms with Gasteiger partial charge in [0.1, 0.15) is 0 Å². The van der Waals surface area contributed by atoms with Crippen LogP contribution >= 0.6 is 0 Å². The van der Waals surface area contributed by atoms with E-state index < -0.39 is 0 Å². The number of hydrogen-bond donors (Lipinski definition) is 1. The van der Waals surface area contributed by atoms with Crippen LogP contribution in [-0.2, 0) is 7.05 Å². The molecule has 0 saturated carbocycles. The van der Waals surface area contributed by atoms with Crippen LogP contribution in [0.3, 0.4) is 0 Å². The van der Waals surface area contributed by atoms with Crippen LogP contribution in [0, 0.1) is 0 Å². The zero-order valence-corrected chi connectivity index (χ0v) is 9.68. The summed E-state index contributed by atoms with van der Waals surface area (Å²) in [7, 11) is 3.26. The van der Waals surface area contributed by atoms with E-state index in [1.54, 1.807) is 13.1 Å². The van der Waals surface area contributed by atoms with E-state index in [1.807, 2.05) is 30.3 Å². The smallest absolute Gasteiger partial charge is 0.276 e. The second kappa shape index (κ2) is 4.69. The summed E-state index contributed by atoms with van der Waals surface area (Å²) in [5.74, 6) is 0.290. The van der Waals surface area contributed by atoms with Crippen molar-refractivity contribution in [3.63, 3.8) is 0 Å². The Morgan fingerprint density at radius 3 is 2.65 bits per heavy atom. The standard InChI is InChI=1S/C12H13N3O2/c1-15-11(17-2)8-10(14-15)12(16)13-9-6-4-3-5-7-9/h3-8H,1-2H3,(H,13,16). The molecule has 2 rings (SSSR count). The number of nitrogens with one attached hydrogen (secondary N) is 1. The normalized spacial score (nSPS) is 10.0. The molecular weight excluding hydrogens is 218 g/mol. The number of benzene rings is 1. The molecule has 1 amide bonds. The van der Waals surface area contributed by atoms with Gasteiger partial charge in [0.15, 0.2) is 5.69 Å². The Hall–Kier alpha value is -2.30. The molecule has 0 aliphatic heterocycles. The number of para-hydroxylation sites is 1. The quantitative estimate of drug-likeness (QED) is 0.874. The Balaban J connectivity index is 2.15. The summed E-state index contributed by atoms with van der Waals surface area (Å²) >= 11 is 0. The van der Waals surface area contributed by atoms with Gasteiger partial charge in [0.2, 0.25) is 5.88 Å². The van der Waals surface area contributed by atoms with E-state index in [2.05, 4.69) is 10.4 Å². The average Bonchev–Trinajstić information content (AvgIpc) is 2.72. The first-order valence-corrected chi connectivity index (χ1v) is 5.15. The van der Waals surface area contributed by atoms with Gasteiger partial charge in [-0.2, -0.15) is 5.10 Å². The Labute approximate surface area is 99.0 Å². The third kappa shape index (κ3) is 2.44. The predicted octanol–water partition coefficient (Wildman–Crippen LogP) is 1.68. The van der Waals surface area contributed by atoms with Crippen molar-refractivity contribution in [2.75, 3.05) is 12.4 Å². The first-order chi connectivity index (χ1) is 8.20. The van der Waals surface area contributed by atoms with Gasteiger partial charge in [-0.3, -0.25) is 4.79 Å². The number of anilines is 1. The number of ether oxygens (including phenoxy) is 1. The molecule has 0 fully saturated rings. The Morgan fingerprint density at radius 1 is 1.35 bits per heavy atom. The molecule has 1 N–H and O–H groups in total. The molecule has 0 saturated heterocycles. The van der Waals surface area contributed by atoms with Crippen molar-refractivity contribution < 1.29 is 9.53 Å². The molecule has 1 aromatic heterocycles. The fourth-order valence-corrected chi connectivity index (χ4v) is 1.47. The highest BCUT2D eigenvalue weighted by Gasteiger charge is 2.12. The second-order valence-corrected chi connectivity index (χ2v) is 3.52. The number of nitrogens with zero attached hydrogens (tertiary/aromatic N) is 2. The summed E-state index contributed by atoms with van der Waals surface area (Å²) in [6.45, 7) is 0. The van der Waals surface area contributed by atoms with Gasteiger partial charge in [-0.1, -0.05) is 18.2 Å². The van der Waals surface area contributed by atoms with Crippen molar-refractivity contribution in [2.45, 2.75) is 0 Å². The maximum absolute atomic E-state index is 11.9. The topological polar surface area (TPSA) is 56.1 Å². The van der Waals surface area contributed by atoms with Crippen molar-refractivity contribution in [1.82, 2.24) is 9.78 Å². The minimum atomic E-state index is -0.255. The lowest BCUT2D eigenvalue weighted by Gasteiger charge is -2.01. The molecule has 1 heterocycles. The summed E-state index contributed by atoms with van der Waals surface area (Å²) in [5, 5.41) is 6.81. The summed E-state index contributed by atoms with van der Waals surface area (Å²) in [6, 6.07) is 10.8. The lowest BCUT2D eigenvalue weighted by molar-refractivity contribution is 0.102. The van der Waals surface area contributed by atoms with Gasteiger partial charge < -0.3 is 10.1 Å². The van der Waals surface area contributed by atoms with Crippen LogP contribution in [0.1, 0.15) is 10.5 Å². The molecule has 5 nitrogen and oxygen atoms in total. The van der Waals surface area contributed by atoms with Gasteiger partial charge in [-0.15, -0.1) is 0 Å². The average molecular weight is 231 g/mol. The Kier molecular flexibility index (Phi) is 3.09. The maximum Gasteiger partial charge on any atom is 0.276 e. The van der Waals surface area contributed by atoms with Gasteiger partial charge >= 0.3 is 0 Å². The van der Waals surface area contributed by atoms with E-state index in [0.29, 0.717) is 11.6 Å². The maximum atomic E-state index is 11.9. The number of carbonyl (C=O) groups is 1. The van der Waals surface area contributed by atoms with E-state index >= 15 is 0 Å². The van der Waals surface area contributed by atoms with E-state index in [-0.39, 0.29) is 5.91 Å². The molecule has 0 radical (unpaired) electrons. The van der Waals surface area contributed by atoms with Gasteiger partial charge in [0, 0.05) is 18.8 Å². The predicted molar refractivity (Wildman–Crippen MR) is 64.2 cm³/mol. The molecular formula is C12H13N3O2. The number of aromatic nitrogens is 2. The Morgan fingerprint density at radius 2 is 2.06 bits per heavy atom. The van der Waals surface area contributed by atoms with Crippen molar-refractivity contribution in [3.8, 4) is 5.88 Å². The molecule has 0 spiro atoms. The third-order valence-corrected chi connectivity index (χ3v) is 2.31. The summed E-state index contributed by atoms with van der Waals surface area (Å²) < 4.78 is 6.56. The number of amides is 1. The summed E-state index contributed by atoms with van der Waals surface area (Å²) in [6.07, 6.45) is 0. The molecule has 0 atom stereocenters. The molecule has 2 aromatic rings. The lowest BCUT2D eigenvalue weighted by atomic mass is 10.3. The molecule has 0 aliphatic rings. The van der Waals surface area contributed by atoms with E-state index in [9.17, 15) is 4.79 Å². The zero-order chi connectivity index (χ0) is 12.3. The van der Waals surface area contributed by atoms with Crippen LogP contribution in [0.2, 0.25) is 0 Å². The molecule has 88 valence electrons. The lowest BCUT2D eigenvalue weighted by Crippen LogP contribution is -2.12. The minimum Gasteiger partial charge on any atom is -0.481 e. The SMILES string of the molecule is COc1cc(C(=O)Nc2ccccc2)nn1C. The first kappa shape index (κ1) is 11.2. The van der Waals surface area contributed by atoms with Gasteiger partial charge in [-0.25, -0.2) is 4.68 Å². The van der Waals surface area contributed by atoms with Crippen LogP contribution in [0.4, 0.5) is 5.69 Å². The number of rotatable bonds is 3. The van der Waals surface area contributed by atoms with E-state index in [4.69, 9.17) is 4.74 Å². The summed E-state index contributed by atoms with van der Waals surface area (Å²) in [5.41, 5.74) is 1.07. The highest BCUT2D eigenvalue weighted by molar-refractivity contribution is 6.03. The van der Waals surface area contributed by atoms with Crippen molar-refractivity contribution >= 4 is 11.6 Å². The molecule has 5 heteroatoms. The van der Waals surface area contributed by atoms with E-state index in [0.717, 1.165) is 5.69 Å². The molecule has 0 bridgehead atoms. The molecule has 1 aromatic carbocycles. The number of aryl methyl sites for hydroxylation is 1. The molecule has 17 heavy (non-hydrogen) atoms. The highest BCUT2D eigenvalue weighted by atomic mass is 16.5. The first-order valence-electron chi connectivity index (χ1n) is 5.15. The third-order valence-electron chi connectivity index (χ3n) is 2.31. The van der Waals surface area contributed by atoms with Gasteiger partial charge in [-0.05, 0) is 12.1 Å². The fourth-order valence-electron chi connectivity index (χ4n) is 1.47. The van der Waals surface area contributed by atoms with Crippen molar-refractivity contribution in [2.24, 2.45) is 7.05 Å². The molecule has 0 aliphatic carbocycles. The number of methoxy groups -OCH3 is 1. The number of carbonyl (C=O) groups excluding carboxylic acids is 1. The van der Waals surface area contributed by atoms with Crippen molar-refractivity contribution in [3.05, 3.63) is 42.1 Å². The van der Waals surface area contributed by atoms with Crippen LogP contribution in [0.5, 0.6) is 5.88 Å². The van der Waals surface area contributed by atoms with Crippen molar-refractivity contribution in [1.29, 1.82) is 0 Å². The highest BCUT2D eigenvalue weighted by Crippen LogP contribution is 2.13. The second-order valence-electron chi connectivity index (χ2n) is 3.52. The largest absolute Gasteiger partial charge is 0.481 e. The summed E-state index contributed by atoms with van der Waals surface area (Å²) in [4.78, 5) is 11.9. The van der Waals surface area contributed by atoms with Gasteiger partial charge in [0.05, 0.1) is 7.11 Å². The van der Waals surface area contributed by atoms with Gasteiger partial charge in [0.25, 0.3) is 5.91 Å². The monoisotopic (exact) mass is 231 g/mol. The zero-order valence-electron chi connectivity index (χ0n) is 9.68. The van der Waals surface area contributed by atoms with E-state index in [1.165, 1.54) is 11.8 Å². The van der Waals surface area contributed by atoms with Crippen LogP contribution in [0.15, 0.2) is 36.4 Å². The molecule has 0 unspecified atom stereocenters. The number of hydrogen-bond acceptors (Lipinski definition) is 3. The Bertz CT molecular complexity index is 520. The minimum absolute atomic E-state index is 0.255. The van der Waals surface area contributed by atoms with Crippen LogP contribution < -0.4 is 10.1 Å². The van der Waals surface area contributed by atoms with Crippen LogP contribution in [-0.4, -0.2) is 22.8 Å².